The van der Waals surface area contributed by atoms with Crippen LogP contribution in [0.4, 0.5) is 8.78 Å². The van der Waals surface area contributed by atoms with Gasteiger partial charge in [-0.05, 0) is 53.6 Å². The molecule has 8 nitrogen and oxygen atoms in total. The molecule has 3 atom stereocenters. The van der Waals surface area contributed by atoms with Crippen molar-refractivity contribution in [1.82, 2.24) is 10.1 Å². The summed E-state index contributed by atoms with van der Waals surface area (Å²) in [5, 5.41) is 13.8. The van der Waals surface area contributed by atoms with E-state index in [1.807, 2.05) is 4.90 Å². The number of nitrogens with zero attached hydrogens (tertiary/aromatic N) is 3. The molecule has 4 aromatic rings. The van der Waals surface area contributed by atoms with Crippen LogP contribution in [0.3, 0.4) is 0 Å². The third-order valence-corrected chi connectivity index (χ3v) is 8.18. The van der Waals surface area contributed by atoms with Crippen molar-refractivity contribution in [2.45, 2.75) is 37.8 Å². The first-order valence-electron chi connectivity index (χ1n) is 13.8. The molecule has 11 heteroatoms. The van der Waals surface area contributed by atoms with Crippen molar-refractivity contribution >= 4 is 23.4 Å². The third kappa shape index (κ3) is 4.90. The SMILES string of the molecule is CC1(c2ccc(Cl)cc2F)Oc2cccc(-c3ccc(CC4=NC5C=CC(C(=O)O)=CC5N4Cc4ccon4)c(F)c3)c2O1. The average molecular weight is 616 g/mol. The minimum absolute atomic E-state index is 0.167. The Morgan fingerprint density at radius 3 is 2.70 bits per heavy atom. The van der Waals surface area contributed by atoms with E-state index >= 15 is 4.39 Å². The van der Waals surface area contributed by atoms with E-state index in [0.717, 1.165) is 0 Å². The second kappa shape index (κ2) is 10.6. The Bertz CT molecular complexity index is 1890. The van der Waals surface area contributed by atoms with E-state index in [-0.39, 0.29) is 34.7 Å². The molecule has 0 bridgehead atoms. The van der Waals surface area contributed by atoms with Crippen LogP contribution in [0.1, 0.15) is 23.7 Å². The summed E-state index contributed by atoms with van der Waals surface area (Å²) < 4.78 is 47.8. The summed E-state index contributed by atoms with van der Waals surface area (Å²) >= 11 is 5.93. The molecule has 1 aliphatic carbocycles. The topological polar surface area (TPSA) is 97.4 Å². The molecule has 1 N–H and O–H groups in total. The molecule has 0 spiro atoms. The van der Waals surface area contributed by atoms with Gasteiger partial charge in [0.25, 0.3) is 5.79 Å². The summed E-state index contributed by atoms with van der Waals surface area (Å²) in [4.78, 5) is 18.4. The predicted molar refractivity (Wildman–Crippen MR) is 157 cm³/mol. The lowest BCUT2D eigenvalue weighted by atomic mass is 9.98. The molecule has 44 heavy (non-hydrogen) atoms. The first-order valence-corrected chi connectivity index (χ1v) is 14.2. The highest BCUT2D eigenvalue weighted by molar-refractivity contribution is 6.30. The largest absolute Gasteiger partial charge is 0.478 e. The maximum absolute atomic E-state index is 15.8. The summed E-state index contributed by atoms with van der Waals surface area (Å²) in [7, 11) is 0. The van der Waals surface area contributed by atoms with Crippen LogP contribution >= 0.6 is 11.6 Å². The van der Waals surface area contributed by atoms with Crippen molar-refractivity contribution in [2.75, 3.05) is 0 Å². The molecule has 7 rings (SSSR count). The van der Waals surface area contributed by atoms with Crippen molar-refractivity contribution in [3.05, 3.63) is 124 Å². The van der Waals surface area contributed by atoms with Gasteiger partial charge in [-0.2, -0.15) is 0 Å². The van der Waals surface area contributed by atoms with Crippen LogP contribution in [0, 0.1) is 11.6 Å². The number of aliphatic imine (C=N–C) groups is 1. The Hall–Kier alpha value is -4.96. The van der Waals surface area contributed by atoms with Crippen LogP contribution in [-0.4, -0.2) is 39.1 Å². The molecule has 0 saturated heterocycles. The van der Waals surface area contributed by atoms with Crippen molar-refractivity contribution in [2.24, 2.45) is 4.99 Å². The fraction of sp³-hybridized carbons (Fsp3) is 0.182. The molecule has 0 saturated carbocycles. The summed E-state index contributed by atoms with van der Waals surface area (Å²) in [6, 6.07) is 15.5. The van der Waals surface area contributed by atoms with E-state index in [0.29, 0.717) is 46.3 Å². The number of fused-ring (bicyclic) bond motifs is 2. The van der Waals surface area contributed by atoms with E-state index in [1.165, 1.54) is 30.5 Å². The van der Waals surface area contributed by atoms with E-state index in [2.05, 4.69) is 5.16 Å². The summed E-state index contributed by atoms with van der Waals surface area (Å²) in [6.45, 7) is 1.93. The number of carbonyl (C=O) groups is 1. The van der Waals surface area contributed by atoms with Gasteiger partial charge in [-0.3, -0.25) is 4.99 Å². The molecule has 222 valence electrons. The zero-order chi connectivity index (χ0) is 30.6. The second-order valence-electron chi connectivity index (χ2n) is 10.8. The minimum atomic E-state index is -1.44. The molecular weight excluding hydrogens is 592 g/mol. The van der Waals surface area contributed by atoms with Gasteiger partial charge in [0.05, 0.1) is 29.8 Å². The Kier molecular flexibility index (Phi) is 6.73. The number of hydrogen-bond acceptors (Lipinski definition) is 7. The number of amidine groups is 1. The Balaban J connectivity index is 1.17. The normalized spacial score (nSPS) is 21.7. The van der Waals surface area contributed by atoms with Gasteiger partial charge in [-0.15, -0.1) is 0 Å². The number of carboxylic acid groups (broad SMARTS) is 1. The Morgan fingerprint density at radius 1 is 1.09 bits per heavy atom. The third-order valence-electron chi connectivity index (χ3n) is 7.95. The van der Waals surface area contributed by atoms with Crippen LogP contribution < -0.4 is 9.47 Å². The zero-order valence-electron chi connectivity index (χ0n) is 23.2. The number of halogens is 3. The van der Waals surface area contributed by atoms with Gasteiger partial charge in [0.2, 0.25) is 0 Å². The molecule has 3 aliphatic rings. The predicted octanol–water partition coefficient (Wildman–Crippen LogP) is 6.69. The van der Waals surface area contributed by atoms with Crippen LogP contribution in [-0.2, 0) is 23.5 Å². The van der Waals surface area contributed by atoms with Gasteiger partial charge < -0.3 is 24.0 Å². The molecule has 3 aromatic carbocycles. The second-order valence-corrected chi connectivity index (χ2v) is 11.3. The van der Waals surface area contributed by atoms with Gasteiger partial charge in [0, 0.05) is 30.0 Å². The minimum Gasteiger partial charge on any atom is -0.478 e. The van der Waals surface area contributed by atoms with Crippen LogP contribution in [0.15, 0.2) is 100 Å². The van der Waals surface area contributed by atoms with Crippen LogP contribution in [0.5, 0.6) is 11.5 Å². The van der Waals surface area contributed by atoms with Crippen molar-refractivity contribution < 1.29 is 32.7 Å². The number of rotatable bonds is 7. The van der Waals surface area contributed by atoms with E-state index in [4.69, 9.17) is 30.6 Å². The lowest BCUT2D eigenvalue weighted by Crippen LogP contribution is -2.39. The number of aromatic nitrogens is 1. The summed E-state index contributed by atoms with van der Waals surface area (Å²) in [5.74, 6) is -2.13. The van der Waals surface area contributed by atoms with Gasteiger partial charge in [-0.1, -0.05) is 47.1 Å². The zero-order valence-corrected chi connectivity index (χ0v) is 24.0. The van der Waals surface area contributed by atoms with E-state index < -0.39 is 23.4 Å². The standard InChI is InChI=1S/C33H24ClF2N3O5/c1-33(24-9-8-21(34)16-26(24)36)43-29-4-2-3-23(31(29)44-33)18-5-6-19(25(35)13-18)15-30-37-27-10-7-20(32(40)41)14-28(27)39(30)17-22-11-12-42-38-22/h2-14,16,27-28H,15,17H2,1H3,(H,40,41). The highest BCUT2D eigenvalue weighted by Gasteiger charge is 2.42. The summed E-state index contributed by atoms with van der Waals surface area (Å²) in [5.41, 5.74) is 2.52. The molecule has 3 unspecified atom stereocenters. The summed E-state index contributed by atoms with van der Waals surface area (Å²) in [6.07, 6.45) is 6.57. The van der Waals surface area contributed by atoms with Gasteiger partial charge >= 0.3 is 5.97 Å². The Morgan fingerprint density at radius 2 is 1.95 bits per heavy atom. The van der Waals surface area contributed by atoms with Crippen LogP contribution in [0.25, 0.3) is 11.1 Å². The van der Waals surface area contributed by atoms with E-state index in [9.17, 15) is 14.3 Å². The first kappa shape index (κ1) is 27.8. The number of hydrogen-bond donors (Lipinski definition) is 1. The quantitative estimate of drug-likeness (QED) is 0.247. The molecule has 0 fully saturated rings. The molecule has 3 heterocycles. The fourth-order valence-electron chi connectivity index (χ4n) is 5.80. The average Bonchev–Trinajstić information content (AvgIpc) is 3.71. The molecule has 2 aliphatic heterocycles. The molecule has 0 amide bonds. The number of carboxylic acids is 1. The van der Waals surface area contributed by atoms with Crippen molar-refractivity contribution in [3.63, 3.8) is 0 Å². The molecule has 0 radical (unpaired) electrons. The van der Waals surface area contributed by atoms with Crippen LogP contribution in [0.2, 0.25) is 5.02 Å². The smallest absolute Gasteiger partial charge is 0.335 e. The van der Waals surface area contributed by atoms with Gasteiger partial charge in [-0.25, -0.2) is 13.6 Å². The first-order chi connectivity index (χ1) is 21.2. The number of aliphatic carboxylic acids is 1. The van der Waals surface area contributed by atoms with Crippen molar-refractivity contribution in [3.8, 4) is 22.6 Å². The number of para-hydroxylation sites is 1. The lowest BCUT2D eigenvalue weighted by molar-refractivity contribution is -0.132. The maximum atomic E-state index is 15.8. The van der Waals surface area contributed by atoms with E-state index in [1.54, 1.807) is 61.5 Å². The van der Waals surface area contributed by atoms with Crippen molar-refractivity contribution in [1.29, 1.82) is 0 Å². The molecule has 1 aromatic heterocycles. The number of benzene rings is 3. The monoisotopic (exact) mass is 615 g/mol. The highest BCUT2D eigenvalue weighted by Crippen LogP contribution is 2.49. The maximum Gasteiger partial charge on any atom is 0.335 e. The van der Waals surface area contributed by atoms with Gasteiger partial charge in [0.1, 0.15) is 29.4 Å². The lowest BCUT2D eigenvalue weighted by Gasteiger charge is -2.28. The molecular formula is C33H24ClF2N3O5. The Labute approximate surface area is 255 Å². The highest BCUT2D eigenvalue weighted by atomic mass is 35.5. The number of ether oxygens (including phenoxy) is 2. The van der Waals surface area contributed by atoms with Gasteiger partial charge in [0.15, 0.2) is 11.5 Å². The fourth-order valence-corrected chi connectivity index (χ4v) is 5.96.